The highest BCUT2D eigenvalue weighted by molar-refractivity contribution is 7.07. The Bertz CT molecular complexity index is 613. The first-order chi connectivity index (χ1) is 11.3. The molecule has 0 radical (unpaired) electrons. The highest BCUT2D eigenvalue weighted by Crippen LogP contribution is 2.39. The average molecular weight is 327 g/mol. The Morgan fingerprint density at radius 2 is 1.96 bits per heavy atom. The molecule has 4 heterocycles. The highest BCUT2D eigenvalue weighted by atomic mass is 32.1. The molecule has 0 N–H and O–H groups in total. The SMILES string of the molecule is c1ccc(CN2CCCC3(CCN(Cc4ccsc4)C3)C2)nc1. The third kappa shape index (κ3) is 3.65. The minimum absolute atomic E-state index is 0.517. The number of likely N-dealkylation sites (tertiary alicyclic amines) is 2. The molecule has 2 saturated heterocycles. The zero-order chi connectivity index (χ0) is 15.5. The van der Waals surface area contributed by atoms with Crippen LogP contribution in [0.25, 0.3) is 0 Å². The summed E-state index contributed by atoms with van der Waals surface area (Å²) < 4.78 is 0. The van der Waals surface area contributed by atoms with Crippen LogP contribution in [0.3, 0.4) is 0 Å². The minimum Gasteiger partial charge on any atom is -0.298 e. The second-order valence-corrected chi connectivity index (χ2v) is 8.01. The molecule has 1 atom stereocenters. The monoisotopic (exact) mass is 327 g/mol. The lowest BCUT2D eigenvalue weighted by atomic mass is 9.79. The molecule has 0 aromatic carbocycles. The fraction of sp³-hybridized carbons (Fsp3) is 0.526. The molecule has 0 bridgehead atoms. The van der Waals surface area contributed by atoms with Gasteiger partial charge in [-0.2, -0.15) is 11.3 Å². The molecule has 1 unspecified atom stereocenters. The summed E-state index contributed by atoms with van der Waals surface area (Å²) in [5.41, 5.74) is 3.20. The second-order valence-electron chi connectivity index (χ2n) is 7.23. The number of thiophene rings is 1. The first kappa shape index (κ1) is 15.3. The maximum Gasteiger partial charge on any atom is 0.0543 e. The van der Waals surface area contributed by atoms with E-state index in [2.05, 4.69) is 43.7 Å². The number of hydrogen-bond donors (Lipinski definition) is 0. The predicted octanol–water partition coefficient (Wildman–Crippen LogP) is 3.63. The maximum absolute atomic E-state index is 4.50. The highest BCUT2D eigenvalue weighted by Gasteiger charge is 2.41. The lowest BCUT2D eigenvalue weighted by Gasteiger charge is -2.40. The molecular weight excluding hydrogens is 302 g/mol. The smallest absolute Gasteiger partial charge is 0.0543 e. The van der Waals surface area contributed by atoms with Crippen LogP contribution in [0, 0.1) is 5.41 Å². The summed E-state index contributed by atoms with van der Waals surface area (Å²) >= 11 is 1.81. The van der Waals surface area contributed by atoms with Gasteiger partial charge < -0.3 is 0 Å². The minimum atomic E-state index is 0.517. The van der Waals surface area contributed by atoms with Crippen LogP contribution in [0.5, 0.6) is 0 Å². The quantitative estimate of drug-likeness (QED) is 0.855. The third-order valence-electron chi connectivity index (χ3n) is 5.36. The van der Waals surface area contributed by atoms with Gasteiger partial charge >= 0.3 is 0 Å². The molecule has 0 aliphatic carbocycles. The van der Waals surface area contributed by atoms with E-state index in [9.17, 15) is 0 Å². The van der Waals surface area contributed by atoms with Gasteiger partial charge in [0.05, 0.1) is 5.69 Å². The summed E-state index contributed by atoms with van der Waals surface area (Å²) in [5, 5.41) is 4.48. The molecule has 23 heavy (non-hydrogen) atoms. The van der Waals surface area contributed by atoms with E-state index >= 15 is 0 Å². The lowest BCUT2D eigenvalue weighted by molar-refractivity contribution is 0.0857. The molecule has 2 aromatic rings. The molecule has 4 rings (SSSR count). The van der Waals surface area contributed by atoms with Crippen LogP contribution in [-0.4, -0.2) is 41.0 Å². The summed E-state index contributed by atoms with van der Waals surface area (Å²) in [6, 6.07) is 8.52. The second kappa shape index (κ2) is 6.71. The zero-order valence-electron chi connectivity index (χ0n) is 13.7. The Hall–Kier alpha value is -1.23. The van der Waals surface area contributed by atoms with Crippen molar-refractivity contribution < 1.29 is 0 Å². The van der Waals surface area contributed by atoms with Gasteiger partial charge in [0.2, 0.25) is 0 Å². The number of nitrogens with zero attached hydrogens (tertiary/aromatic N) is 3. The van der Waals surface area contributed by atoms with Crippen molar-refractivity contribution in [3.8, 4) is 0 Å². The number of pyridine rings is 1. The lowest BCUT2D eigenvalue weighted by Crippen LogP contribution is -2.44. The molecule has 4 heteroatoms. The van der Waals surface area contributed by atoms with Crippen molar-refractivity contribution >= 4 is 11.3 Å². The van der Waals surface area contributed by atoms with Crippen LogP contribution in [0.4, 0.5) is 0 Å². The Morgan fingerprint density at radius 3 is 2.74 bits per heavy atom. The van der Waals surface area contributed by atoms with Crippen molar-refractivity contribution in [2.75, 3.05) is 26.2 Å². The van der Waals surface area contributed by atoms with Crippen LogP contribution in [0.1, 0.15) is 30.5 Å². The van der Waals surface area contributed by atoms with Crippen molar-refractivity contribution in [1.29, 1.82) is 0 Å². The molecule has 2 aliphatic heterocycles. The van der Waals surface area contributed by atoms with Crippen molar-refractivity contribution in [2.45, 2.75) is 32.4 Å². The molecule has 2 fully saturated rings. The first-order valence-electron chi connectivity index (χ1n) is 8.67. The molecule has 1 spiro atoms. The van der Waals surface area contributed by atoms with E-state index in [-0.39, 0.29) is 0 Å². The molecule has 3 nitrogen and oxygen atoms in total. The number of rotatable bonds is 4. The average Bonchev–Trinajstić information content (AvgIpc) is 3.20. The van der Waals surface area contributed by atoms with Gasteiger partial charge in [0.25, 0.3) is 0 Å². The molecule has 0 amide bonds. The third-order valence-corrected chi connectivity index (χ3v) is 6.09. The van der Waals surface area contributed by atoms with E-state index in [0.717, 1.165) is 13.1 Å². The van der Waals surface area contributed by atoms with E-state index in [4.69, 9.17) is 0 Å². The molecular formula is C19H25N3S. The standard InChI is InChI=1S/C19H25N3S/c1-2-8-20-18(4-1)13-21-9-3-6-19(15-21)7-10-22(16-19)12-17-5-11-23-14-17/h1-2,4-5,8,11,14H,3,6-7,9-10,12-13,15-16H2. The van der Waals surface area contributed by atoms with Crippen molar-refractivity contribution in [3.05, 3.63) is 52.5 Å². The number of aromatic nitrogens is 1. The fourth-order valence-electron chi connectivity index (χ4n) is 4.30. The number of hydrogen-bond acceptors (Lipinski definition) is 4. The normalized spacial score (nSPS) is 26.1. The van der Waals surface area contributed by atoms with Gasteiger partial charge in [0, 0.05) is 32.4 Å². The summed E-state index contributed by atoms with van der Waals surface area (Å²) in [4.78, 5) is 9.79. The van der Waals surface area contributed by atoms with Crippen LogP contribution in [0.2, 0.25) is 0 Å². The van der Waals surface area contributed by atoms with Crippen molar-refractivity contribution in [3.63, 3.8) is 0 Å². The van der Waals surface area contributed by atoms with Crippen LogP contribution in [0.15, 0.2) is 41.2 Å². The van der Waals surface area contributed by atoms with E-state index < -0.39 is 0 Å². The Labute approximate surface area is 143 Å². The maximum atomic E-state index is 4.50. The predicted molar refractivity (Wildman–Crippen MR) is 95.4 cm³/mol. The van der Waals surface area contributed by atoms with E-state index in [1.807, 2.05) is 23.6 Å². The van der Waals surface area contributed by atoms with E-state index in [1.54, 1.807) is 0 Å². The molecule has 2 aliphatic rings. The van der Waals surface area contributed by atoms with Gasteiger partial charge in [-0.3, -0.25) is 14.8 Å². The van der Waals surface area contributed by atoms with E-state index in [1.165, 1.54) is 56.7 Å². The van der Waals surface area contributed by atoms with Crippen LogP contribution >= 0.6 is 11.3 Å². The number of piperidine rings is 1. The Kier molecular flexibility index (Phi) is 4.47. The van der Waals surface area contributed by atoms with Crippen molar-refractivity contribution in [2.24, 2.45) is 5.41 Å². The van der Waals surface area contributed by atoms with Crippen LogP contribution in [-0.2, 0) is 13.1 Å². The van der Waals surface area contributed by atoms with E-state index in [0.29, 0.717) is 5.41 Å². The van der Waals surface area contributed by atoms with Gasteiger partial charge in [-0.15, -0.1) is 0 Å². The van der Waals surface area contributed by atoms with Gasteiger partial charge in [-0.25, -0.2) is 0 Å². The van der Waals surface area contributed by atoms with Gasteiger partial charge in [0.1, 0.15) is 0 Å². The fourth-order valence-corrected chi connectivity index (χ4v) is 4.96. The summed E-state index contributed by atoms with van der Waals surface area (Å²) in [5.74, 6) is 0. The molecule has 122 valence electrons. The Morgan fingerprint density at radius 1 is 1.04 bits per heavy atom. The first-order valence-corrected chi connectivity index (χ1v) is 9.61. The summed E-state index contributed by atoms with van der Waals surface area (Å²) in [7, 11) is 0. The van der Waals surface area contributed by atoms with Crippen LogP contribution < -0.4 is 0 Å². The summed E-state index contributed by atoms with van der Waals surface area (Å²) in [6.45, 7) is 7.13. The zero-order valence-corrected chi connectivity index (χ0v) is 14.5. The molecule has 2 aromatic heterocycles. The Balaban J connectivity index is 1.37. The van der Waals surface area contributed by atoms with Gasteiger partial charge in [-0.1, -0.05) is 6.07 Å². The molecule has 0 saturated carbocycles. The van der Waals surface area contributed by atoms with Crippen molar-refractivity contribution in [1.82, 2.24) is 14.8 Å². The largest absolute Gasteiger partial charge is 0.298 e. The topological polar surface area (TPSA) is 19.4 Å². The van der Waals surface area contributed by atoms with Gasteiger partial charge in [0.15, 0.2) is 0 Å². The summed E-state index contributed by atoms with van der Waals surface area (Å²) in [6.07, 6.45) is 5.99. The van der Waals surface area contributed by atoms with Gasteiger partial charge in [-0.05, 0) is 72.3 Å².